The Bertz CT molecular complexity index is 705. The van der Waals surface area contributed by atoms with Gasteiger partial charge in [0.2, 0.25) is 5.91 Å². The van der Waals surface area contributed by atoms with Gasteiger partial charge in [-0.15, -0.1) is 0 Å². The molecule has 0 N–H and O–H groups in total. The lowest BCUT2D eigenvalue weighted by atomic mass is 10.1. The molecule has 3 rings (SSSR count). The number of imide groups is 1. The van der Waals surface area contributed by atoms with E-state index in [1.165, 1.54) is 4.90 Å². The summed E-state index contributed by atoms with van der Waals surface area (Å²) in [5, 5.41) is 8.70. The van der Waals surface area contributed by atoms with Crippen molar-refractivity contribution < 1.29 is 14.3 Å². The summed E-state index contributed by atoms with van der Waals surface area (Å²) >= 11 is 0. The molecule has 2 saturated heterocycles. The lowest BCUT2D eigenvalue weighted by molar-refractivity contribution is -0.123. The number of hydrogen-bond acceptors (Lipinski definition) is 6. The first-order chi connectivity index (χ1) is 13.1. The molecule has 2 aliphatic heterocycles. The number of carbonyl (C=O) groups is 2. The zero-order valence-electron chi connectivity index (χ0n) is 15.8. The van der Waals surface area contributed by atoms with Gasteiger partial charge in [0.05, 0.1) is 30.8 Å². The van der Waals surface area contributed by atoms with Crippen LogP contribution >= 0.6 is 0 Å². The highest BCUT2D eigenvalue weighted by molar-refractivity contribution is 6.22. The minimum atomic E-state index is -0.383. The number of benzene rings is 1. The Hall–Kier alpha value is -2.43. The molecular weight excluding hydrogens is 344 g/mol. The molecule has 0 spiro atoms. The van der Waals surface area contributed by atoms with Crippen molar-refractivity contribution >= 4 is 17.5 Å². The topological polar surface area (TPSA) is 76.9 Å². The van der Waals surface area contributed by atoms with Gasteiger partial charge in [-0.05, 0) is 30.7 Å². The third-order valence-corrected chi connectivity index (χ3v) is 5.08. The molecule has 1 unspecified atom stereocenters. The van der Waals surface area contributed by atoms with Crippen molar-refractivity contribution in [3.05, 3.63) is 24.3 Å². The second kappa shape index (κ2) is 8.98. The van der Waals surface area contributed by atoms with Gasteiger partial charge in [0.15, 0.2) is 0 Å². The fraction of sp³-hybridized carbons (Fsp3) is 0.550. The van der Waals surface area contributed by atoms with Gasteiger partial charge in [0.25, 0.3) is 5.91 Å². The van der Waals surface area contributed by atoms with E-state index < -0.39 is 0 Å². The maximum Gasteiger partial charge on any atom is 0.251 e. The SMILES string of the molecule is CCCOc1ccc(N2C(=O)CC(N3CCN(CCC#N)CC3)C2=O)cc1. The van der Waals surface area contributed by atoms with Crippen LogP contribution in [0.25, 0.3) is 0 Å². The summed E-state index contributed by atoms with van der Waals surface area (Å²) in [4.78, 5) is 31.0. The first-order valence-corrected chi connectivity index (χ1v) is 9.57. The highest BCUT2D eigenvalue weighted by Gasteiger charge is 2.43. The summed E-state index contributed by atoms with van der Waals surface area (Å²) in [5.74, 6) is 0.441. The van der Waals surface area contributed by atoms with Gasteiger partial charge in [-0.2, -0.15) is 5.26 Å². The summed E-state index contributed by atoms with van der Waals surface area (Å²) < 4.78 is 5.56. The van der Waals surface area contributed by atoms with E-state index in [4.69, 9.17) is 10.00 Å². The minimum Gasteiger partial charge on any atom is -0.494 e. The van der Waals surface area contributed by atoms with Crippen molar-refractivity contribution in [1.82, 2.24) is 9.80 Å². The number of anilines is 1. The average Bonchev–Trinajstić information content (AvgIpc) is 3.00. The molecular formula is C20H26N4O3. The monoisotopic (exact) mass is 370 g/mol. The van der Waals surface area contributed by atoms with Gasteiger partial charge in [-0.25, -0.2) is 4.90 Å². The third-order valence-electron chi connectivity index (χ3n) is 5.08. The van der Waals surface area contributed by atoms with Crippen LogP contribution in [-0.4, -0.2) is 67.0 Å². The maximum absolute atomic E-state index is 12.9. The Morgan fingerprint density at radius 3 is 2.48 bits per heavy atom. The fourth-order valence-corrected chi connectivity index (χ4v) is 3.59. The highest BCUT2D eigenvalue weighted by Crippen LogP contribution is 2.28. The number of rotatable bonds is 7. The predicted octanol–water partition coefficient (Wildman–Crippen LogP) is 1.64. The van der Waals surface area contributed by atoms with Crippen molar-refractivity contribution in [2.24, 2.45) is 0 Å². The molecule has 0 bridgehead atoms. The molecule has 2 fully saturated rings. The molecule has 7 heteroatoms. The lowest BCUT2D eigenvalue weighted by Crippen LogP contribution is -2.52. The summed E-state index contributed by atoms with van der Waals surface area (Å²) in [5.41, 5.74) is 0.601. The Morgan fingerprint density at radius 1 is 1.15 bits per heavy atom. The van der Waals surface area contributed by atoms with Crippen LogP contribution in [0.3, 0.4) is 0 Å². The Labute approximate surface area is 160 Å². The van der Waals surface area contributed by atoms with Crippen LogP contribution in [0, 0.1) is 11.3 Å². The molecule has 0 radical (unpaired) electrons. The maximum atomic E-state index is 12.9. The Kier molecular flexibility index (Phi) is 6.43. The van der Waals surface area contributed by atoms with Crippen LogP contribution in [0.1, 0.15) is 26.2 Å². The molecule has 2 heterocycles. The van der Waals surface area contributed by atoms with Crippen LogP contribution in [0.4, 0.5) is 5.69 Å². The van der Waals surface area contributed by atoms with E-state index >= 15 is 0 Å². The van der Waals surface area contributed by atoms with Crippen molar-refractivity contribution in [2.45, 2.75) is 32.2 Å². The summed E-state index contributed by atoms with van der Waals surface area (Å²) in [6.07, 6.45) is 1.67. The van der Waals surface area contributed by atoms with Crippen LogP contribution in [0.2, 0.25) is 0 Å². The van der Waals surface area contributed by atoms with Crippen LogP contribution in [-0.2, 0) is 9.59 Å². The molecule has 1 atom stereocenters. The lowest BCUT2D eigenvalue weighted by Gasteiger charge is -2.36. The number of nitrogens with zero attached hydrogens (tertiary/aromatic N) is 4. The number of nitriles is 1. The number of piperazine rings is 1. The molecule has 0 aromatic heterocycles. The molecule has 27 heavy (non-hydrogen) atoms. The highest BCUT2D eigenvalue weighted by atomic mass is 16.5. The molecule has 0 aliphatic carbocycles. The quantitative estimate of drug-likeness (QED) is 0.679. The Balaban J connectivity index is 1.61. The van der Waals surface area contributed by atoms with E-state index in [0.29, 0.717) is 18.7 Å². The van der Waals surface area contributed by atoms with Crippen molar-refractivity contribution in [2.75, 3.05) is 44.2 Å². The van der Waals surface area contributed by atoms with Crippen LogP contribution in [0.15, 0.2) is 24.3 Å². The number of ether oxygens (including phenoxy) is 1. The van der Waals surface area contributed by atoms with Gasteiger partial charge < -0.3 is 4.74 Å². The number of carbonyl (C=O) groups excluding carboxylic acids is 2. The van der Waals surface area contributed by atoms with Crippen LogP contribution in [0.5, 0.6) is 5.75 Å². The van der Waals surface area contributed by atoms with E-state index in [1.54, 1.807) is 24.3 Å². The van der Waals surface area contributed by atoms with E-state index in [1.807, 2.05) is 6.92 Å². The average molecular weight is 370 g/mol. The minimum absolute atomic E-state index is 0.146. The number of hydrogen-bond donors (Lipinski definition) is 0. The second-order valence-corrected chi connectivity index (χ2v) is 6.92. The zero-order chi connectivity index (χ0) is 19.2. The van der Waals surface area contributed by atoms with Crippen molar-refractivity contribution in [1.29, 1.82) is 5.26 Å². The molecule has 2 amide bonds. The van der Waals surface area contributed by atoms with Gasteiger partial charge in [0, 0.05) is 39.1 Å². The standard InChI is InChI=1S/C20H26N4O3/c1-2-14-27-17-6-4-16(5-7-17)24-19(25)15-18(20(24)26)23-12-10-22(11-13-23)9-3-8-21/h4-7,18H,2-3,9-15H2,1H3. The first-order valence-electron chi connectivity index (χ1n) is 9.57. The number of amides is 2. The molecule has 1 aromatic carbocycles. The van der Waals surface area contributed by atoms with Crippen molar-refractivity contribution in [3.63, 3.8) is 0 Å². The van der Waals surface area contributed by atoms with E-state index in [-0.39, 0.29) is 24.3 Å². The van der Waals surface area contributed by atoms with E-state index in [0.717, 1.165) is 44.9 Å². The molecule has 144 valence electrons. The normalized spacial score (nSPS) is 21.5. The molecule has 1 aromatic rings. The molecule has 2 aliphatic rings. The van der Waals surface area contributed by atoms with Crippen molar-refractivity contribution in [3.8, 4) is 11.8 Å². The molecule has 0 saturated carbocycles. The first kappa shape index (κ1) is 19.3. The summed E-state index contributed by atoms with van der Waals surface area (Å²) in [6, 6.07) is 8.91. The van der Waals surface area contributed by atoms with E-state index in [9.17, 15) is 9.59 Å². The Morgan fingerprint density at radius 2 is 1.85 bits per heavy atom. The van der Waals surface area contributed by atoms with Gasteiger partial charge in [-0.1, -0.05) is 6.92 Å². The van der Waals surface area contributed by atoms with Gasteiger partial charge in [-0.3, -0.25) is 19.4 Å². The third kappa shape index (κ3) is 4.46. The largest absolute Gasteiger partial charge is 0.494 e. The zero-order valence-corrected chi connectivity index (χ0v) is 15.8. The van der Waals surface area contributed by atoms with Gasteiger partial charge >= 0.3 is 0 Å². The predicted molar refractivity (Wildman–Crippen MR) is 101 cm³/mol. The van der Waals surface area contributed by atoms with E-state index in [2.05, 4.69) is 15.9 Å². The van der Waals surface area contributed by atoms with Crippen LogP contribution < -0.4 is 9.64 Å². The summed E-state index contributed by atoms with van der Waals surface area (Å²) in [7, 11) is 0. The fourth-order valence-electron chi connectivity index (χ4n) is 3.59. The smallest absolute Gasteiger partial charge is 0.251 e. The molecule has 7 nitrogen and oxygen atoms in total. The second-order valence-electron chi connectivity index (χ2n) is 6.92. The summed E-state index contributed by atoms with van der Waals surface area (Å²) in [6.45, 7) is 6.58. The van der Waals surface area contributed by atoms with Gasteiger partial charge in [0.1, 0.15) is 5.75 Å².